The summed E-state index contributed by atoms with van der Waals surface area (Å²) < 4.78 is 15.1. The molecule has 7 nitrogen and oxygen atoms in total. The van der Waals surface area contributed by atoms with Crippen molar-refractivity contribution in [1.82, 2.24) is 4.90 Å². The lowest BCUT2D eigenvalue weighted by molar-refractivity contribution is -0.156. The van der Waals surface area contributed by atoms with Crippen LogP contribution in [0.4, 0.5) is 0 Å². The number of rotatable bonds is 8. The molecule has 0 spiro atoms. The highest BCUT2D eigenvalue weighted by atomic mass is 16.5. The molecule has 0 radical (unpaired) electrons. The number of β-amino-alcohol motifs (C(OH)–C–C–N with tert-alkyl or cyclic N) is 1. The number of morpholine rings is 1. The van der Waals surface area contributed by atoms with Crippen LogP contribution in [-0.2, 0) is 19.0 Å². The number of ether oxygens (including phenoxy) is 3. The summed E-state index contributed by atoms with van der Waals surface area (Å²) in [5, 5.41) is 18.6. The third kappa shape index (κ3) is 5.74. The highest BCUT2D eigenvalue weighted by Crippen LogP contribution is 2.06. The topological polar surface area (TPSA) is 88.5 Å². The van der Waals surface area contributed by atoms with Crippen molar-refractivity contribution in [1.29, 1.82) is 0 Å². The van der Waals surface area contributed by atoms with Crippen LogP contribution in [0.1, 0.15) is 0 Å². The van der Waals surface area contributed by atoms with Gasteiger partial charge in [-0.15, -0.1) is 0 Å². The summed E-state index contributed by atoms with van der Waals surface area (Å²) in [4.78, 5) is 12.6. The van der Waals surface area contributed by atoms with E-state index in [9.17, 15) is 9.90 Å². The van der Waals surface area contributed by atoms with E-state index in [0.717, 1.165) is 0 Å². The molecule has 106 valence electrons. The van der Waals surface area contributed by atoms with Gasteiger partial charge in [0.15, 0.2) is 6.10 Å². The van der Waals surface area contributed by atoms with Gasteiger partial charge >= 0.3 is 5.97 Å². The zero-order valence-corrected chi connectivity index (χ0v) is 10.6. The predicted molar refractivity (Wildman–Crippen MR) is 62.5 cm³/mol. The van der Waals surface area contributed by atoms with Gasteiger partial charge in [0.2, 0.25) is 0 Å². The smallest absolute Gasteiger partial charge is 0.334 e. The molecule has 1 heterocycles. The van der Waals surface area contributed by atoms with Gasteiger partial charge in [-0.2, -0.15) is 0 Å². The van der Waals surface area contributed by atoms with Crippen LogP contribution in [0.5, 0.6) is 0 Å². The average molecular weight is 263 g/mol. The summed E-state index contributed by atoms with van der Waals surface area (Å²) in [6, 6.07) is 0. The van der Waals surface area contributed by atoms with Crippen LogP contribution in [0.2, 0.25) is 0 Å². The molecule has 18 heavy (non-hydrogen) atoms. The van der Waals surface area contributed by atoms with Gasteiger partial charge in [0, 0.05) is 26.7 Å². The van der Waals surface area contributed by atoms with Crippen molar-refractivity contribution in [3.8, 4) is 0 Å². The van der Waals surface area contributed by atoms with Gasteiger partial charge in [-0.1, -0.05) is 0 Å². The fraction of sp³-hybridized carbons (Fsp3) is 0.909. The lowest BCUT2D eigenvalue weighted by Gasteiger charge is -2.32. The van der Waals surface area contributed by atoms with E-state index in [1.807, 2.05) is 4.90 Å². The minimum absolute atomic E-state index is 0.221. The summed E-state index contributed by atoms with van der Waals surface area (Å²) in [5.41, 5.74) is 0. The Balaban J connectivity index is 2.18. The third-order valence-electron chi connectivity index (χ3n) is 2.64. The summed E-state index contributed by atoms with van der Waals surface area (Å²) in [6.07, 6.45) is -1.44. The SMILES string of the molecule is COCCOCC(O)CN1CCOC(C(=O)O)C1. The fourth-order valence-electron chi connectivity index (χ4n) is 1.73. The van der Waals surface area contributed by atoms with Crippen molar-refractivity contribution in [3.05, 3.63) is 0 Å². The summed E-state index contributed by atoms with van der Waals surface area (Å²) in [6.45, 7) is 2.83. The van der Waals surface area contributed by atoms with Crippen molar-refractivity contribution >= 4 is 5.97 Å². The normalized spacial score (nSPS) is 22.9. The zero-order valence-electron chi connectivity index (χ0n) is 10.6. The van der Waals surface area contributed by atoms with Crippen LogP contribution in [0.15, 0.2) is 0 Å². The van der Waals surface area contributed by atoms with Gasteiger partial charge in [0.25, 0.3) is 0 Å². The maximum atomic E-state index is 10.8. The largest absolute Gasteiger partial charge is 0.479 e. The zero-order chi connectivity index (χ0) is 13.4. The van der Waals surface area contributed by atoms with Gasteiger partial charge in [0.05, 0.1) is 32.5 Å². The molecule has 2 unspecified atom stereocenters. The van der Waals surface area contributed by atoms with Gasteiger partial charge in [0.1, 0.15) is 0 Å². The Hall–Kier alpha value is -0.730. The first-order valence-electron chi connectivity index (χ1n) is 5.95. The number of carbonyl (C=O) groups is 1. The molecule has 0 bridgehead atoms. The number of aliphatic hydroxyl groups excluding tert-OH is 1. The summed E-state index contributed by atoms with van der Waals surface area (Å²) >= 11 is 0. The Bertz CT molecular complexity index is 250. The number of nitrogens with zero attached hydrogens (tertiary/aromatic N) is 1. The van der Waals surface area contributed by atoms with Gasteiger partial charge in [-0.05, 0) is 0 Å². The lowest BCUT2D eigenvalue weighted by atomic mass is 10.2. The highest BCUT2D eigenvalue weighted by molar-refractivity contribution is 5.72. The second-order valence-corrected chi connectivity index (χ2v) is 4.18. The molecule has 7 heteroatoms. The second-order valence-electron chi connectivity index (χ2n) is 4.18. The number of carboxylic acids is 1. The third-order valence-corrected chi connectivity index (χ3v) is 2.64. The monoisotopic (exact) mass is 263 g/mol. The van der Waals surface area contributed by atoms with Crippen molar-refractivity contribution in [2.45, 2.75) is 12.2 Å². The highest BCUT2D eigenvalue weighted by Gasteiger charge is 2.27. The predicted octanol–water partition coefficient (Wildman–Crippen LogP) is -1.20. The van der Waals surface area contributed by atoms with E-state index in [-0.39, 0.29) is 6.61 Å². The minimum Gasteiger partial charge on any atom is -0.479 e. The Labute approximate surface area is 106 Å². The second kappa shape index (κ2) is 8.39. The Morgan fingerprint density at radius 1 is 1.56 bits per heavy atom. The van der Waals surface area contributed by atoms with Crippen molar-refractivity contribution < 1.29 is 29.2 Å². The van der Waals surface area contributed by atoms with E-state index >= 15 is 0 Å². The van der Waals surface area contributed by atoms with Gasteiger partial charge in [-0.3, -0.25) is 4.90 Å². The lowest BCUT2D eigenvalue weighted by Crippen LogP contribution is -2.48. The molecule has 0 aromatic heterocycles. The van der Waals surface area contributed by atoms with Crippen molar-refractivity contribution in [2.24, 2.45) is 0 Å². The molecule has 0 saturated carbocycles. The van der Waals surface area contributed by atoms with Gasteiger partial charge in [-0.25, -0.2) is 4.79 Å². The molecule has 0 aromatic carbocycles. The number of aliphatic hydroxyl groups is 1. The Morgan fingerprint density at radius 2 is 2.33 bits per heavy atom. The average Bonchev–Trinajstić information content (AvgIpc) is 2.35. The maximum Gasteiger partial charge on any atom is 0.334 e. The molecule has 1 rings (SSSR count). The Kier molecular flexibility index (Phi) is 7.14. The molecule has 1 aliphatic heterocycles. The summed E-state index contributed by atoms with van der Waals surface area (Å²) in [5.74, 6) is -0.967. The van der Waals surface area contributed by atoms with Crippen LogP contribution in [0.25, 0.3) is 0 Å². The molecule has 0 aliphatic carbocycles. The van der Waals surface area contributed by atoms with Crippen molar-refractivity contribution in [3.63, 3.8) is 0 Å². The number of aliphatic carboxylic acids is 1. The first-order chi connectivity index (χ1) is 8.63. The molecular formula is C11H21NO6. The van der Waals surface area contributed by atoms with Crippen LogP contribution in [-0.4, -0.2) is 86.5 Å². The first-order valence-corrected chi connectivity index (χ1v) is 5.95. The first kappa shape index (κ1) is 15.3. The van der Waals surface area contributed by atoms with E-state index in [2.05, 4.69) is 0 Å². The number of hydrogen-bond donors (Lipinski definition) is 2. The van der Waals surface area contributed by atoms with Crippen LogP contribution in [0, 0.1) is 0 Å². The standard InChI is InChI=1S/C11H21NO6/c1-16-4-5-17-8-9(13)6-12-2-3-18-10(7-12)11(14)15/h9-10,13H,2-8H2,1H3,(H,14,15). The van der Waals surface area contributed by atoms with E-state index in [0.29, 0.717) is 39.5 Å². The van der Waals surface area contributed by atoms with E-state index in [1.54, 1.807) is 7.11 Å². The van der Waals surface area contributed by atoms with E-state index < -0.39 is 18.2 Å². The number of carboxylic acid groups (broad SMARTS) is 1. The minimum atomic E-state index is -0.967. The van der Waals surface area contributed by atoms with E-state index in [4.69, 9.17) is 19.3 Å². The molecule has 1 aliphatic rings. The van der Waals surface area contributed by atoms with Crippen LogP contribution >= 0.6 is 0 Å². The molecule has 2 N–H and O–H groups in total. The van der Waals surface area contributed by atoms with Crippen LogP contribution < -0.4 is 0 Å². The molecule has 2 atom stereocenters. The number of hydrogen-bond acceptors (Lipinski definition) is 6. The van der Waals surface area contributed by atoms with Crippen LogP contribution in [0.3, 0.4) is 0 Å². The number of methoxy groups -OCH3 is 1. The fourth-order valence-corrected chi connectivity index (χ4v) is 1.73. The molecule has 0 amide bonds. The quantitative estimate of drug-likeness (QED) is 0.531. The van der Waals surface area contributed by atoms with E-state index in [1.165, 1.54) is 0 Å². The maximum absolute atomic E-state index is 10.8. The molecule has 1 saturated heterocycles. The molecule has 1 fully saturated rings. The molecule has 0 aromatic rings. The van der Waals surface area contributed by atoms with Gasteiger partial charge < -0.3 is 24.4 Å². The van der Waals surface area contributed by atoms with Crippen molar-refractivity contribution in [2.75, 3.05) is 53.2 Å². The Morgan fingerprint density at radius 3 is 3.00 bits per heavy atom. The summed E-state index contributed by atoms with van der Waals surface area (Å²) in [7, 11) is 1.58. The molecular weight excluding hydrogens is 242 g/mol.